The first-order chi connectivity index (χ1) is 31.8. The minimum absolute atomic E-state index is 0. The number of nitrogens with two attached hydrogens (primary N) is 3. The second-order valence-electron chi connectivity index (χ2n) is 17.3. The number of hydrogen-bond donors (Lipinski definition) is 6. The highest BCUT2D eigenvalue weighted by Gasteiger charge is 2.31. The normalized spacial score (nSPS) is 12.2. The van der Waals surface area contributed by atoms with E-state index in [0.717, 1.165) is 44.7 Å². The Morgan fingerprint density at radius 2 is 1.15 bits per heavy atom. The molecule has 0 aliphatic carbocycles. The third-order valence-electron chi connectivity index (χ3n) is 11.1. The van der Waals surface area contributed by atoms with E-state index in [1.165, 1.54) is 0 Å². The Morgan fingerprint density at radius 1 is 0.603 bits per heavy atom. The van der Waals surface area contributed by atoms with Gasteiger partial charge in [0.15, 0.2) is 12.6 Å². The molecule has 5 rings (SSSR count). The van der Waals surface area contributed by atoms with Crippen LogP contribution >= 0.6 is 24.8 Å². The molecule has 0 saturated heterocycles. The third kappa shape index (κ3) is 17.2. The largest absolute Gasteiger partial charge is 0.493 e. The number of fused-ring (bicyclic) bond motifs is 2. The number of guanidine groups is 1. The van der Waals surface area contributed by atoms with Crippen LogP contribution in [-0.4, -0.2) is 74.1 Å². The van der Waals surface area contributed by atoms with Crippen molar-refractivity contribution in [1.82, 2.24) is 16.0 Å². The summed E-state index contributed by atoms with van der Waals surface area (Å²) in [6.07, 6.45) is 3.01. The van der Waals surface area contributed by atoms with Gasteiger partial charge in [0.25, 0.3) is 5.91 Å². The van der Waals surface area contributed by atoms with E-state index in [0.29, 0.717) is 56.3 Å². The quantitative estimate of drug-likeness (QED) is 0.0137. The summed E-state index contributed by atoms with van der Waals surface area (Å²) < 4.78 is 18.5. The van der Waals surface area contributed by atoms with Gasteiger partial charge in [0, 0.05) is 17.7 Å². The smallest absolute Gasteiger partial charge is 0.328 e. The molecular weight excluding hydrogens is 906 g/mol. The molecule has 0 aromatic heterocycles. The van der Waals surface area contributed by atoms with Crippen LogP contribution in [-0.2, 0) is 30.5 Å². The van der Waals surface area contributed by atoms with Gasteiger partial charge < -0.3 is 47.4 Å². The summed E-state index contributed by atoms with van der Waals surface area (Å²) in [5, 5.41) is 12.4. The molecular formula is C52H69Cl2N7O7. The number of amides is 3. The first-order valence-electron chi connectivity index (χ1n) is 23.0. The number of ether oxygens (including phenoxy) is 3. The number of aliphatic imine (C=N–C) groups is 1. The van der Waals surface area contributed by atoms with Gasteiger partial charge in [0.2, 0.25) is 11.8 Å². The highest BCUT2D eigenvalue weighted by molar-refractivity contribution is 6.10. The van der Waals surface area contributed by atoms with E-state index in [4.69, 9.17) is 31.4 Å². The number of nitrogens with one attached hydrogen (secondary N) is 3. The molecule has 368 valence electrons. The molecule has 3 amide bonds. The number of hydrogen-bond acceptors (Lipinski definition) is 9. The topological polar surface area (TPSA) is 222 Å². The van der Waals surface area contributed by atoms with E-state index in [2.05, 4.69) is 46.9 Å². The molecule has 0 heterocycles. The van der Waals surface area contributed by atoms with Gasteiger partial charge in [-0.2, -0.15) is 0 Å². The van der Waals surface area contributed by atoms with Gasteiger partial charge in [-0.1, -0.05) is 119 Å². The molecule has 5 aromatic carbocycles. The Labute approximate surface area is 412 Å². The molecule has 5 aromatic rings. The highest BCUT2D eigenvalue weighted by Crippen LogP contribution is 2.45. The molecule has 0 spiro atoms. The Morgan fingerprint density at radius 3 is 1.72 bits per heavy atom. The summed E-state index contributed by atoms with van der Waals surface area (Å²) in [5.41, 5.74) is 19.4. The lowest BCUT2D eigenvalue weighted by Crippen LogP contribution is -2.56. The molecule has 0 radical (unpaired) electrons. The molecule has 0 unspecified atom stereocenters. The first kappa shape index (κ1) is 56.2. The summed E-state index contributed by atoms with van der Waals surface area (Å²) in [4.78, 5) is 59.5. The van der Waals surface area contributed by atoms with Crippen LogP contribution in [0.25, 0.3) is 32.7 Å². The van der Waals surface area contributed by atoms with E-state index in [-0.39, 0.29) is 62.7 Å². The fraction of sp³-hybridized carbons (Fsp3) is 0.404. The number of esters is 1. The van der Waals surface area contributed by atoms with Crippen LogP contribution in [0.2, 0.25) is 0 Å². The van der Waals surface area contributed by atoms with E-state index in [1.54, 1.807) is 0 Å². The Balaban J connectivity index is 0.00000612. The molecule has 0 aliphatic rings. The third-order valence-corrected chi connectivity index (χ3v) is 11.1. The molecule has 9 N–H and O–H groups in total. The minimum Gasteiger partial charge on any atom is -0.493 e. The van der Waals surface area contributed by atoms with Crippen LogP contribution in [0.3, 0.4) is 0 Å². The second-order valence-corrected chi connectivity index (χ2v) is 17.3. The summed E-state index contributed by atoms with van der Waals surface area (Å²) in [5.74, 6) is -0.763. The van der Waals surface area contributed by atoms with Crippen LogP contribution in [0.15, 0.2) is 108 Å². The number of carbonyl (C=O) groups excluding carboxylic acids is 4. The zero-order valence-corrected chi connectivity index (χ0v) is 41.2. The maximum atomic E-state index is 14.2. The molecule has 16 heteroatoms. The van der Waals surface area contributed by atoms with Gasteiger partial charge in [-0.05, 0) is 103 Å². The van der Waals surface area contributed by atoms with Crippen molar-refractivity contribution in [3.63, 3.8) is 0 Å². The van der Waals surface area contributed by atoms with Crippen molar-refractivity contribution in [2.75, 3.05) is 26.3 Å². The van der Waals surface area contributed by atoms with Crippen LogP contribution in [0.5, 0.6) is 11.5 Å². The molecule has 0 fully saturated rings. The maximum Gasteiger partial charge on any atom is 0.328 e. The SMILES string of the molecule is CC(C)CCOc1ccc2ccccc2c1-c1c(OCC(=O)N[C@H](CCCCN)C(=O)N[C@H](CCCN=C(N)N)C(=O)N[C@H](CC(C)C)C(=O)OCc2ccccc2)ccc2ccccc12.Cl.Cl. The average Bonchev–Trinajstić information content (AvgIpc) is 3.30. The summed E-state index contributed by atoms with van der Waals surface area (Å²) in [6, 6.07) is 30.0. The Bertz CT molecular complexity index is 2410. The summed E-state index contributed by atoms with van der Waals surface area (Å²) >= 11 is 0. The van der Waals surface area contributed by atoms with Crippen molar-refractivity contribution in [3.8, 4) is 22.6 Å². The van der Waals surface area contributed by atoms with Crippen molar-refractivity contribution in [2.45, 2.75) is 97.4 Å². The zero-order chi connectivity index (χ0) is 47.4. The van der Waals surface area contributed by atoms with Gasteiger partial charge in [0.1, 0.15) is 36.2 Å². The first-order valence-corrected chi connectivity index (χ1v) is 23.0. The number of rotatable bonds is 26. The van der Waals surface area contributed by atoms with Gasteiger partial charge in [0.05, 0.1) is 6.61 Å². The molecule has 0 aliphatic heterocycles. The molecule has 0 saturated carbocycles. The van der Waals surface area contributed by atoms with Gasteiger partial charge in [-0.25, -0.2) is 4.79 Å². The molecule has 68 heavy (non-hydrogen) atoms. The van der Waals surface area contributed by atoms with Crippen LogP contribution in [0.4, 0.5) is 0 Å². The highest BCUT2D eigenvalue weighted by atomic mass is 35.5. The maximum absolute atomic E-state index is 14.2. The minimum atomic E-state index is -1.11. The Hall–Kier alpha value is -6.09. The summed E-state index contributed by atoms with van der Waals surface area (Å²) in [6.45, 7) is 8.92. The van der Waals surface area contributed by atoms with Gasteiger partial charge in [-0.15, -0.1) is 24.8 Å². The lowest BCUT2D eigenvalue weighted by atomic mass is 9.92. The number of carbonyl (C=O) groups is 4. The van der Waals surface area contributed by atoms with Crippen LogP contribution in [0.1, 0.15) is 78.2 Å². The fourth-order valence-corrected chi connectivity index (χ4v) is 7.64. The van der Waals surface area contributed by atoms with Gasteiger partial charge >= 0.3 is 5.97 Å². The van der Waals surface area contributed by atoms with Crippen LogP contribution in [0, 0.1) is 11.8 Å². The van der Waals surface area contributed by atoms with Crippen molar-refractivity contribution >= 4 is 76.0 Å². The lowest BCUT2D eigenvalue weighted by Gasteiger charge is -2.26. The van der Waals surface area contributed by atoms with Crippen molar-refractivity contribution in [1.29, 1.82) is 0 Å². The van der Waals surface area contributed by atoms with Crippen molar-refractivity contribution < 1.29 is 33.4 Å². The molecule has 0 bridgehead atoms. The predicted octanol–water partition coefficient (Wildman–Crippen LogP) is 7.73. The van der Waals surface area contributed by atoms with E-state index >= 15 is 0 Å². The van der Waals surface area contributed by atoms with E-state index in [1.807, 2.05) is 105 Å². The molecule has 3 atom stereocenters. The fourth-order valence-electron chi connectivity index (χ4n) is 7.64. The number of nitrogens with zero attached hydrogens (tertiary/aromatic N) is 1. The van der Waals surface area contributed by atoms with Crippen molar-refractivity contribution in [3.05, 3.63) is 109 Å². The van der Waals surface area contributed by atoms with Gasteiger partial charge in [-0.3, -0.25) is 19.4 Å². The van der Waals surface area contributed by atoms with Crippen LogP contribution < -0.4 is 42.6 Å². The number of unbranched alkanes of at least 4 members (excludes halogenated alkanes) is 1. The summed E-state index contributed by atoms with van der Waals surface area (Å²) in [7, 11) is 0. The molecule has 14 nitrogen and oxygen atoms in total. The zero-order valence-electron chi connectivity index (χ0n) is 39.5. The predicted molar refractivity (Wildman–Crippen MR) is 276 cm³/mol. The lowest BCUT2D eigenvalue weighted by molar-refractivity contribution is -0.150. The number of halogens is 2. The Kier molecular flexibility index (Phi) is 23.9. The second kappa shape index (κ2) is 28.9. The van der Waals surface area contributed by atoms with E-state index in [9.17, 15) is 19.2 Å². The number of benzene rings is 5. The standard InChI is InChI=1S/C52H67N7O7.2ClH/c1-34(2)27-30-64-44-25-23-37-17-8-10-19-39(37)47(44)48-40-20-11-9-18-38(40)24-26-45(48)65-33-46(60)57-41(21-12-13-28-53)49(61)58-42(22-14-29-56-52(54)55)50(62)59-43(31-35(3)4)51(63)66-32-36-15-6-5-7-16-36;;/h5-11,15-20,23-26,34-35,41-43H,12-14,21-22,27-33,53H2,1-4H3,(H,57,60)(H,58,61)(H,59,62)(H4,54,55,56);2*1H/t41-,42-,43-;;/m1../s1. The van der Waals surface area contributed by atoms with E-state index < -0.39 is 48.4 Å². The van der Waals surface area contributed by atoms with Crippen molar-refractivity contribution in [2.24, 2.45) is 34.0 Å². The monoisotopic (exact) mass is 973 g/mol. The average molecular weight is 975 g/mol.